The molecule has 4 nitrogen and oxygen atoms in total. The van der Waals surface area contributed by atoms with Gasteiger partial charge >= 0.3 is 6.03 Å². The molecule has 21 heavy (non-hydrogen) atoms. The Morgan fingerprint density at radius 1 is 1.29 bits per heavy atom. The van der Waals surface area contributed by atoms with E-state index >= 15 is 0 Å². The van der Waals surface area contributed by atoms with E-state index in [1.807, 2.05) is 24.3 Å². The number of rotatable bonds is 2. The molecule has 0 aromatic heterocycles. The van der Waals surface area contributed by atoms with Crippen molar-refractivity contribution < 1.29 is 4.79 Å². The maximum Gasteiger partial charge on any atom is 0.343 e. The van der Waals surface area contributed by atoms with Crippen LogP contribution < -0.4 is 10.3 Å². The Morgan fingerprint density at radius 2 is 1.86 bits per heavy atom. The molecule has 3 rings (SSSR count). The third-order valence-electron chi connectivity index (χ3n) is 3.35. The number of carbonyl (C=O) groups excluding carboxylic acids is 1. The lowest BCUT2D eigenvalue weighted by molar-refractivity contribution is 0.197. The number of thiocarbonyl (C=S) groups is 1. The van der Waals surface area contributed by atoms with Gasteiger partial charge in [-0.05, 0) is 30.7 Å². The average Bonchev–Trinajstić information content (AvgIpc) is 3.00. The number of halogens is 4. The highest BCUT2D eigenvalue weighted by Crippen LogP contribution is 2.41. The Balaban J connectivity index is 1.96. The van der Waals surface area contributed by atoms with Crippen LogP contribution in [0.3, 0.4) is 0 Å². The van der Waals surface area contributed by atoms with Crippen LogP contribution >= 0.6 is 63.0 Å². The van der Waals surface area contributed by atoms with Gasteiger partial charge in [-0.2, -0.15) is 0 Å². The van der Waals surface area contributed by atoms with Gasteiger partial charge in [0.15, 0.2) is 0 Å². The average molecular weight is 430 g/mol. The Kier molecular flexibility index (Phi) is 4.14. The monoisotopic (exact) mass is 427 g/mol. The molecule has 9 heteroatoms. The molecule has 112 valence electrons. The van der Waals surface area contributed by atoms with Crippen LogP contribution in [0.1, 0.15) is 6.42 Å². The number of alkyl halides is 3. The van der Waals surface area contributed by atoms with E-state index in [-0.39, 0.29) is 12.1 Å². The first-order valence-corrected chi connectivity index (χ1v) is 8.37. The van der Waals surface area contributed by atoms with Crippen molar-refractivity contribution in [2.24, 2.45) is 5.92 Å². The summed E-state index contributed by atoms with van der Waals surface area (Å²) in [6.07, 6.45) is 0.447. The third kappa shape index (κ3) is 3.02. The van der Waals surface area contributed by atoms with Crippen molar-refractivity contribution in [2.75, 3.05) is 4.90 Å². The molecule has 1 heterocycles. The summed E-state index contributed by atoms with van der Waals surface area (Å²) >= 11 is 26.1. The molecular formula is C12H9BrCl3N3OS. The molecule has 2 unspecified atom stereocenters. The second-order valence-electron chi connectivity index (χ2n) is 4.78. The van der Waals surface area contributed by atoms with E-state index in [1.54, 1.807) is 4.90 Å². The molecule has 0 radical (unpaired) electrons. The molecule has 2 atom stereocenters. The first kappa shape index (κ1) is 15.8. The van der Waals surface area contributed by atoms with Gasteiger partial charge in [0, 0.05) is 20.9 Å². The van der Waals surface area contributed by atoms with E-state index in [0.29, 0.717) is 5.69 Å². The zero-order chi connectivity index (χ0) is 15.4. The molecule has 1 aliphatic carbocycles. The van der Waals surface area contributed by atoms with E-state index in [1.165, 1.54) is 0 Å². The molecule has 1 saturated carbocycles. The van der Waals surface area contributed by atoms with Gasteiger partial charge < -0.3 is 0 Å². The van der Waals surface area contributed by atoms with Crippen molar-refractivity contribution in [3.63, 3.8) is 0 Å². The number of hydrogen-bond acceptors (Lipinski definition) is 3. The molecule has 1 saturated heterocycles. The molecule has 0 spiro atoms. The second kappa shape index (κ2) is 5.51. The summed E-state index contributed by atoms with van der Waals surface area (Å²) in [5, 5.41) is 1.01. The standard InChI is InChI=1S/C12H9BrCl3N3OS/c13-6-1-3-7(4-2-6)18-10(8-5-9(8)21)17-19(11(18)20)12(14,15)16/h1-4,8,10,17H,5H2. The molecule has 1 aromatic carbocycles. The fourth-order valence-corrected chi connectivity index (χ4v) is 3.18. The molecule has 2 fully saturated rings. The minimum absolute atomic E-state index is 0.0879. The van der Waals surface area contributed by atoms with E-state index in [2.05, 4.69) is 21.4 Å². The Labute approximate surface area is 150 Å². The third-order valence-corrected chi connectivity index (χ3v) is 4.86. The maximum absolute atomic E-state index is 12.6. The van der Waals surface area contributed by atoms with Gasteiger partial charge in [-0.1, -0.05) is 63.0 Å². The molecule has 1 aliphatic heterocycles. The number of nitrogens with zero attached hydrogens (tertiary/aromatic N) is 2. The number of amides is 2. The van der Waals surface area contributed by atoms with Gasteiger partial charge in [-0.25, -0.2) is 15.2 Å². The van der Waals surface area contributed by atoms with Crippen LogP contribution in [0.4, 0.5) is 10.5 Å². The summed E-state index contributed by atoms with van der Waals surface area (Å²) in [5.41, 5.74) is 3.67. The summed E-state index contributed by atoms with van der Waals surface area (Å²) in [7, 11) is 0. The zero-order valence-electron chi connectivity index (χ0n) is 10.4. The lowest BCUT2D eigenvalue weighted by atomic mass is 10.2. The summed E-state index contributed by atoms with van der Waals surface area (Å²) in [5.74, 6) is 0.0879. The topological polar surface area (TPSA) is 35.6 Å². The van der Waals surface area contributed by atoms with Gasteiger partial charge in [-0.15, -0.1) is 0 Å². The predicted molar refractivity (Wildman–Crippen MR) is 91.8 cm³/mol. The quantitative estimate of drug-likeness (QED) is 0.434. The minimum Gasteiger partial charge on any atom is -0.275 e. The number of benzene rings is 1. The molecular weight excluding hydrogens is 420 g/mol. The summed E-state index contributed by atoms with van der Waals surface area (Å²) in [4.78, 5) is 15.0. The number of nitrogens with one attached hydrogen (secondary N) is 1. The summed E-state index contributed by atoms with van der Waals surface area (Å²) in [6, 6.07) is 6.93. The van der Waals surface area contributed by atoms with Crippen molar-refractivity contribution in [1.82, 2.24) is 10.4 Å². The van der Waals surface area contributed by atoms with Crippen LogP contribution in [0.25, 0.3) is 0 Å². The highest BCUT2D eigenvalue weighted by Gasteiger charge is 2.53. The van der Waals surface area contributed by atoms with Gasteiger partial charge in [0.05, 0.1) is 0 Å². The van der Waals surface area contributed by atoms with Crippen molar-refractivity contribution in [3.05, 3.63) is 28.7 Å². The SMILES string of the molecule is O=C1N(c2ccc(Br)cc2)C(C2CC2=S)NN1C(Cl)(Cl)Cl. The van der Waals surface area contributed by atoms with Gasteiger partial charge in [0.1, 0.15) is 6.17 Å². The largest absolute Gasteiger partial charge is 0.343 e. The predicted octanol–water partition coefficient (Wildman–Crippen LogP) is 4.24. The minimum atomic E-state index is -1.87. The Hall–Kier alpha value is -0.110. The van der Waals surface area contributed by atoms with Crippen molar-refractivity contribution in [3.8, 4) is 0 Å². The smallest absolute Gasteiger partial charge is 0.275 e. The van der Waals surface area contributed by atoms with Gasteiger partial charge in [0.2, 0.25) is 0 Å². The Morgan fingerprint density at radius 3 is 2.33 bits per heavy atom. The highest BCUT2D eigenvalue weighted by molar-refractivity contribution is 9.10. The number of carbonyl (C=O) groups is 1. The maximum atomic E-state index is 12.6. The lowest BCUT2D eigenvalue weighted by Gasteiger charge is -2.23. The normalized spacial score (nSPS) is 25.7. The van der Waals surface area contributed by atoms with Crippen LogP contribution in [-0.2, 0) is 0 Å². The highest BCUT2D eigenvalue weighted by atomic mass is 79.9. The first-order valence-electron chi connectivity index (χ1n) is 6.03. The number of hydrazine groups is 1. The van der Waals surface area contributed by atoms with Crippen LogP contribution in [0.2, 0.25) is 0 Å². The van der Waals surface area contributed by atoms with Crippen LogP contribution in [0.15, 0.2) is 28.7 Å². The molecule has 2 amide bonds. The summed E-state index contributed by atoms with van der Waals surface area (Å²) < 4.78 is -0.946. The van der Waals surface area contributed by atoms with E-state index in [0.717, 1.165) is 20.8 Å². The van der Waals surface area contributed by atoms with Crippen LogP contribution in [0.5, 0.6) is 0 Å². The first-order chi connectivity index (χ1) is 9.79. The molecule has 0 bridgehead atoms. The summed E-state index contributed by atoms with van der Waals surface area (Å²) in [6.45, 7) is 0. The second-order valence-corrected chi connectivity index (χ2v) is 8.44. The zero-order valence-corrected chi connectivity index (χ0v) is 15.1. The number of urea groups is 1. The van der Waals surface area contributed by atoms with Crippen molar-refractivity contribution in [2.45, 2.75) is 16.5 Å². The van der Waals surface area contributed by atoms with Crippen LogP contribution in [0, 0.1) is 5.92 Å². The molecule has 1 aromatic rings. The van der Waals surface area contributed by atoms with E-state index < -0.39 is 9.95 Å². The molecule has 1 N–H and O–H groups in total. The number of anilines is 1. The van der Waals surface area contributed by atoms with E-state index in [4.69, 9.17) is 47.0 Å². The lowest BCUT2D eigenvalue weighted by Crippen LogP contribution is -2.45. The molecule has 2 aliphatic rings. The van der Waals surface area contributed by atoms with Gasteiger partial charge in [-0.3, -0.25) is 4.90 Å². The fraction of sp³-hybridized carbons (Fsp3) is 0.333. The van der Waals surface area contributed by atoms with Crippen molar-refractivity contribution >= 4 is 79.5 Å². The Bertz CT molecular complexity index is 607. The number of hydrogen-bond donors (Lipinski definition) is 1. The van der Waals surface area contributed by atoms with E-state index in [9.17, 15) is 4.79 Å². The van der Waals surface area contributed by atoms with Gasteiger partial charge in [0.25, 0.3) is 3.92 Å². The van der Waals surface area contributed by atoms with Crippen LogP contribution in [-0.4, -0.2) is 26.0 Å². The fourth-order valence-electron chi connectivity index (χ4n) is 2.24. The van der Waals surface area contributed by atoms with Crippen molar-refractivity contribution in [1.29, 1.82) is 0 Å².